The van der Waals surface area contributed by atoms with Gasteiger partial charge in [-0.05, 0) is 39.1 Å². The number of rotatable bonds is 7. The Morgan fingerprint density at radius 2 is 2.05 bits per heavy atom. The molecule has 6 nitrogen and oxygen atoms in total. The number of hydrogen-bond donors (Lipinski definition) is 2. The van der Waals surface area contributed by atoms with Gasteiger partial charge in [0.05, 0.1) is 5.56 Å². The van der Waals surface area contributed by atoms with E-state index in [9.17, 15) is 0 Å². The van der Waals surface area contributed by atoms with Crippen LogP contribution in [0.5, 0.6) is 0 Å². The summed E-state index contributed by atoms with van der Waals surface area (Å²) in [5.41, 5.74) is 7.47. The molecule has 112 valence electrons. The number of anilines is 1. The summed E-state index contributed by atoms with van der Waals surface area (Å²) in [5, 5.41) is 12.1. The third-order valence-electron chi connectivity index (χ3n) is 3.11. The lowest BCUT2D eigenvalue weighted by molar-refractivity contribution is 0.318. The monoisotopic (exact) mass is 279 g/mol. The van der Waals surface area contributed by atoms with Crippen LogP contribution in [0.1, 0.15) is 24.5 Å². The van der Waals surface area contributed by atoms with Gasteiger partial charge in [0.1, 0.15) is 5.82 Å². The molecule has 3 N–H and O–H groups in total. The molecular formula is C14H25N5O. The first-order chi connectivity index (χ1) is 9.51. The van der Waals surface area contributed by atoms with Crippen LogP contribution in [0.2, 0.25) is 0 Å². The lowest BCUT2D eigenvalue weighted by atomic mass is 10.1. The molecule has 1 aromatic heterocycles. The SMILES string of the molecule is CCCN(CCN(C)C)c1nccc(C)c1/C(N)=N/O. The molecule has 1 heterocycles. The van der Waals surface area contributed by atoms with E-state index >= 15 is 0 Å². The molecule has 0 radical (unpaired) electrons. The fourth-order valence-corrected chi connectivity index (χ4v) is 2.06. The van der Waals surface area contributed by atoms with E-state index in [0.29, 0.717) is 5.56 Å². The maximum atomic E-state index is 8.98. The number of pyridine rings is 1. The number of amidine groups is 1. The van der Waals surface area contributed by atoms with Gasteiger partial charge in [0.15, 0.2) is 5.84 Å². The van der Waals surface area contributed by atoms with Crippen LogP contribution in [0.4, 0.5) is 5.82 Å². The van der Waals surface area contributed by atoms with Crippen molar-refractivity contribution < 1.29 is 5.21 Å². The van der Waals surface area contributed by atoms with E-state index in [1.807, 2.05) is 27.1 Å². The van der Waals surface area contributed by atoms with Crippen LogP contribution in [0.3, 0.4) is 0 Å². The number of nitrogens with zero attached hydrogens (tertiary/aromatic N) is 4. The predicted molar refractivity (Wildman–Crippen MR) is 82.5 cm³/mol. The molecule has 1 aromatic rings. The normalized spacial score (nSPS) is 11.9. The summed E-state index contributed by atoms with van der Waals surface area (Å²) in [6.07, 6.45) is 2.77. The number of hydrogen-bond acceptors (Lipinski definition) is 5. The van der Waals surface area contributed by atoms with Gasteiger partial charge in [0, 0.05) is 25.8 Å². The molecule has 0 saturated carbocycles. The first-order valence-electron chi connectivity index (χ1n) is 6.84. The van der Waals surface area contributed by atoms with Crippen LogP contribution in [-0.2, 0) is 0 Å². The summed E-state index contributed by atoms with van der Waals surface area (Å²) in [4.78, 5) is 8.75. The Morgan fingerprint density at radius 1 is 1.35 bits per heavy atom. The molecule has 0 unspecified atom stereocenters. The molecule has 20 heavy (non-hydrogen) atoms. The van der Waals surface area contributed by atoms with Crippen molar-refractivity contribution in [3.63, 3.8) is 0 Å². The quantitative estimate of drug-likeness (QED) is 0.340. The van der Waals surface area contributed by atoms with Crippen molar-refractivity contribution in [3.05, 3.63) is 23.4 Å². The molecule has 0 aromatic carbocycles. The summed E-state index contributed by atoms with van der Waals surface area (Å²) in [6.45, 7) is 6.72. The standard InChI is InChI=1S/C14H25N5O/c1-5-8-19(10-9-18(3)4)14-12(13(15)17-20)11(2)6-7-16-14/h6-7,20H,5,8-10H2,1-4H3,(H2,15,17). The summed E-state index contributed by atoms with van der Waals surface area (Å²) >= 11 is 0. The molecular weight excluding hydrogens is 254 g/mol. The first kappa shape index (κ1) is 16.2. The van der Waals surface area contributed by atoms with Gasteiger partial charge in [-0.2, -0.15) is 0 Å². The summed E-state index contributed by atoms with van der Waals surface area (Å²) < 4.78 is 0. The van der Waals surface area contributed by atoms with Gasteiger partial charge >= 0.3 is 0 Å². The number of nitrogens with two attached hydrogens (primary N) is 1. The maximum absolute atomic E-state index is 8.98. The highest BCUT2D eigenvalue weighted by atomic mass is 16.4. The van der Waals surface area contributed by atoms with E-state index in [4.69, 9.17) is 10.9 Å². The van der Waals surface area contributed by atoms with E-state index in [-0.39, 0.29) is 5.84 Å². The zero-order valence-electron chi connectivity index (χ0n) is 12.8. The Kier molecular flexibility index (Phi) is 6.24. The van der Waals surface area contributed by atoms with E-state index < -0.39 is 0 Å². The fraction of sp³-hybridized carbons (Fsp3) is 0.571. The lowest BCUT2D eigenvalue weighted by Gasteiger charge is -2.27. The summed E-state index contributed by atoms with van der Waals surface area (Å²) in [7, 11) is 4.08. The lowest BCUT2D eigenvalue weighted by Crippen LogP contribution is -2.35. The highest BCUT2D eigenvalue weighted by Gasteiger charge is 2.17. The van der Waals surface area contributed by atoms with E-state index in [1.54, 1.807) is 6.20 Å². The average Bonchev–Trinajstić information content (AvgIpc) is 2.42. The highest BCUT2D eigenvalue weighted by Crippen LogP contribution is 2.21. The minimum atomic E-state index is 0.108. The Morgan fingerprint density at radius 3 is 2.60 bits per heavy atom. The van der Waals surface area contributed by atoms with Gasteiger partial charge in [0.25, 0.3) is 0 Å². The zero-order valence-corrected chi connectivity index (χ0v) is 12.8. The number of oxime groups is 1. The zero-order chi connectivity index (χ0) is 15.1. The molecule has 0 aliphatic rings. The van der Waals surface area contributed by atoms with Crippen LogP contribution >= 0.6 is 0 Å². The van der Waals surface area contributed by atoms with Crippen molar-refractivity contribution in [1.82, 2.24) is 9.88 Å². The van der Waals surface area contributed by atoms with Crippen LogP contribution in [-0.4, -0.2) is 54.7 Å². The largest absolute Gasteiger partial charge is 0.409 e. The van der Waals surface area contributed by atoms with Crippen LogP contribution in [0.25, 0.3) is 0 Å². The van der Waals surface area contributed by atoms with Crippen molar-refractivity contribution in [1.29, 1.82) is 0 Å². The summed E-state index contributed by atoms with van der Waals surface area (Å²) in [5.74, 6) is 0.889. The van der Waals surface area contributed by atoms with Gasteiger partial charge in [-0.15, -0.1) is 0 Å². The van der Waals surface area contributed by atoms with Crippen molar-refractivity contribution in [2.45, 2.75) is 20.3 Å². The molecule has 0 fully saturated rings. The number of likely N-dealkylation sites (N-methyl/N-ethyl adjacent to an activating group) is 1. The van der Waals surface area contributed by atoms with Crippen LogP contribution in [0.15, 0.2) is 17.4 Å². The van der Waals surface area contributed by atoms with Crippen molar-refractivity contribution in [3.8, 4) is 0 Å². The molecule has 0 saturated heterocycles. The van der Waals surface area contributed by atoms with Gasteiger partial charge in [-0.1, -0.05) is 12.1 Å². The predicted octanol–water partition coefficient (Wildman–Crippen LogP) is 1.26. The maximum Gasteiger partial charge on any atom is 0.174 e. The van der Waals surface area contributed by atoms with E-state index in [2.05, 4.69) is 26.9 Å². The molecule has 0 bridgehead atoms. The second-order valence-corrected chi connectivity index (χ2v) is 5.10. The van der Waals surface area contributed by atoms with Crippen molar-refractivity contribution in [2.24, 2.45) is 10.9 Å². The van der Waals surface area contributed by atoms with Crippen molar-refractivity contribution in [2.75, 3.05) is 38.6 Å². The van der Waals surface area contributed by atoms with Gasteiger partial charge in [0.2, 0.25) is 0 Å². The second-order valence-electron chi connectivity index (χ2n) is 5.10. The Hall–Kier alpha value is -1.82. The van der Waals surface area contributed by atoms with Gasteiger partial charge in [-0.3, -0.25) is 0 Å². The molecule has 0 amide bonds. The van der Waals surface area contributed by atoms with E-state index in [0.717, 1.165) is 37.4 Å². The van der Waals surface area contributed by atoms with Crippen LogP contribution in [0, 0.1) is 6.92 Å². The number of aryl methyl sites for hydroxylation is 1. The first-order valence-corrected chi connectivity index (χ1v) is 6.84. The van der Waals surface area contributed by atoms with Crippen LogP contribution < -0.4 is 10.6 Å². The molecule has 0 atom stereocenters. The van der Waals surface area contributed by atoms with E-state index in [1.165, 1.54) is 0 Å². The Balaban J connectivity index is 3.15. The van der Waals surface area contributed by atoms with Gasteiger partial charge < -0.3 is 20.7 Å². The summed E-state index contributed by atoms with van der Waals surface area (Å²) in [6, 6.07) is 1.87. The molecule has 0 aliphatic heterocycles. The number of aromatic nitrogens is 1. The third-order valence-corrected chi connectivity index (χ3v) is 3.11. The molecule has 0 aliphatic carbocycles. The third kappa shape index (κ3) is 4.09. The topological polar surface area (TPSA) is 78.0 Å². The van der Waals surface area contributed by atoms with Crippen molar-refractivity contribution >= 4 is 11.7 Å². The molecule has 0 spiro atoms. The van der Waals surface area contributed by atoms with Gasteiger partial charge in [-0.25, -0.2) is 4.98 Å². The highest BCUT2D eigenvalue weighted by molar-refractivity contribution is 6.02. The average molecular weight is 279 g/mol. The smallest absolute Gasteiger partial charge is 0.174 e. The Bertz CT molecular complexity index is 459. The molecule has 6 heteroatoms. The molecule has 1 rings (SSSR count). The minimum Gasteiger partial charge on any atom is -0.409 e. The fourth-order valence-electron chi connectivity index (χ4n) is 2.06. The second kappa shape index (κ2) is 7.69. The minimum absolute atomic E-state index is 0.108. The Labute approximate surface area is 120 Å².